The molecule has 7 heteroatoms. The summed E-state index contributed by atoms with van der Waals surface area (Å²) in [7, 11) is 1.85. The number of hydrogen-bond donors (Lipinski definition) is 1. The van der Waals surface area contributed by atoms with Gasteiger partial charge in [-0.15, -0.1) is 0 Å². The van der Waals surface area contributed by atoms with Crippen molar-refractivity contribution in [3.05, 3.63) is 42.0 Å². The molecule has 0 spiro atoms. The minimum atomic E-state index is 0.295. The molecule has 168 valence electrons. The van der Waals surface area contributed by atoms with Gasteiger partial charge in [0.2, 0.25) is 5.91 Å². The fraction of sp³-hybridized carbons (Fsp3) is 0.583. The summed E-state index contributed by atoms with van der Waals surface area (Å²) in [4.78, 5) is 26.0. The number of carbonyl (C=O) groups is 1. The molecule has 0 aliphatic carbocycles. The second kappa shape index (κ2) is 10.7. The van der Waals surface area contributed by atoms with Crippen LogP contribution in [0.1, 0.15) is 24.8 Å². The van der Waals surface area contributed by atoms with E-state index in [1.807, 2.05) is 11.9 Å². The van der Waals surface area contributed by atoms with Gasteiger partial charge < -0.3 is 20.0 Å². The molecule has 1 N–H and O–H groups in total. The number of guanidine groups is 1. The molecule has 1 amide bonds. The number of nitrogens with zero attached hydrogens (tertiary/aromatic N) is 5. The number of piperidine rings is 1. The maximum atomic E-state index is 12.5. The summed E-state index contributed by atoms with van der Waals surface area (Å²) in [6.45, 7) is 8.75. The van der Waals surface area contributed by atoms with Gasteiger partial charge in [0.15, 0.2) is 5.96 Å². The molecule has 3 aliphatic heterocycles. The van der Waals surface area contributed by atoms with Crippen LogP contribution in [0.4, 0.5) is 5.69 Å². The second-order valence-electron chi connectivity index (χ2n) is 8.65. The molecule has 0 bridgehead atoms. The Morgan fingerprint density at radius 3 is 2.42 bits per heavy atom. The highest BCUT2D eigenvalue weighted by Crippen LogP contribution is 2.18. The van der Waals surface area contributed by atoms with Crippen molar-refractivity contribution in [3.8, 4) is 0 Å². The highest BCUT2D eigenvalue weighted by atomic mass is 16.2. The van der Waals surface area contributed by atoms with Crippen LogP contribution in [0.2, 0.25) is 0 Å². The number of carbonyl (C=O) groups excluding carboxylic acids is 1. The van der Waals surface area contributed by atoms with Gasteiger partial charge in [0, 0.05) is 71.6 Å². The topological polar surface area (TPSA) is 54.4 Å². The van der Waals surface area contributed by atoms with Crippen LogP contribution in [0.5, 0.6) is 0 Å². The lowest BCUT2D eigenvalue weighted by atomic mass is 10.1. The van der Waals surface area contributed by atoms with Crippen LogP contribution in [-0.2, 0) is 11.3 Å². The average Bonchev–Trinajstić information content (AvgIpc) is 3.36. The highest BCUT2D eigenvalue weighted by Gasteiger charge is 2.24. The SMILES string of the molecule is CN=C(NCc1cccc(N2CC=CC2)c1)N1CCN(CC(=O)N2CCCCC2)CC1. The van der Waals surface area contributed by atoms with Gasteiger partial charge in [0.1, 0.15) is 0 Å². The predicted octanol–water partition coefficient (Wildman–Crippen LogP) is 1.77. The molecule has 2 fully saturated rings. The van der Waals surface area contributed by atoms with Gasteiger partial charge in [0.05, 0.1) is 6.54 Å². The lowest BCUT2D eigenvalue weighted by molar-refractivity contribution is -0.133. The zero-order valence-corrected chi connectivity index (χ0v) is 18.8. The van der Waals surface area contributed by atoms with E-state index in [2.05, 4.69) is 61.4 Å². The van der Waals surface area contributed by atoms with Crippen molar-refractivity contribution >= 4 is 17.6 Å². The summed E-state index contributed by atoms with van der Waals surface area (Å²) in [6.07, 6.45) is 7.99. The van der Waals surface area contributed by atoms with Crippen LogP contribution in [0, 0.1) is 0 Å². The van der Waals surface area contributed by atoms with Crippen LogP contribution < -0.4 is 10.2 Å². The summed E-state index contributed by atoms with van der Waals surface area (Å²) < 4.78 is 0. The predicted molar refractivity (Wildman–Crippen MR) is 126 cm³/mol. The third-order valence-electron chi connectivity index (χ3n) is 6.50. The summed E-state index contributed by atoms with van der Waals surface area (Å²) >= 11 is 0. The molecule has 3 heterocycles. The maximum absolute atomic E-state index is 12.5. The quantitative estimate of drug-likeness (QED) is 0.444. The fourth-order valence-electron chi connectivity index (χ4n) is 4.62. The molecule has 1 aromatic carbocycles. The van der Waals surface area contributed by atoms with Gasteiger partial charge in [0.25, 0.3) is 0 Å². The molecule has 7 nitrogen and oxygen atoms in total. The number of anilines is 1. The first-order valence-electron chi connectivity index (χ1n) is 11.7. The van der Waals surface area contributed by atoms with Crippen molar-refractivity contribution in [1.29, 1.82) is 0 Å². The third kappa shape index (κ3) is 5.79. The first kappa shape index (κ1) is 21.7. The zero-order valence-electron chi connectivity index (χ0n) is 18.8. The molecule has 0 aromatic heterocycles. The second-order valence-corrected chi connectivity index (χ2v) is 8.65. The van der Waals surface area contributed by atoms with Gasteiger partial charge in [-0.25, -0.2) is 0 Å². The summed E-state index contributed by atoms with van der Waals surface area (Å²) in [6, 6.07) is 8.73. The van der Waals surface area contributed by atoms with E-state index >= 15 is 0 Å². The Kier molecular flexibility index (Phi) is 7.46. The van der Waals surface area contributed by atoms with Gasteiger partial charge in [-0.2, -0.15) is 0 Å². The number of likely N-dealkylation sites (tertiary alicyclic amines) is 1. The van der Waals surface area contributed by atoms with Gasteiger partial charge in [-0.1, -0.05) is 24.3 Å². The van der Waals surface area contributed by atoms with Gasteiger partial charge in [-0.3, -0.25) is 14.7 Å². The fourth-order valence-corrected chi connectivity index (χ4v) is 4.62. The van der Waals surface area contributed by atoms with Crippen LogP contribution in [-0.4, -0.2) is 92.5 Å². The van der Waals surface area contributed by atoms with Crippen LogP contribution in [0.25, 0.3) is 0 Å². The molecule has 3 aliphatic rings. The standard InChI is InChI=1S/C24H36N6O/c1-25-24(26-19-21-8-7-9-22(18-21)28-10-5-6-11-28)30-16-14-27(15-17-30)20-23(31)29-12-3-2-4-13-29/h5-9,18H,2-4,10-17,19-20H2,1H3,(H,25,26). The highest BCUT2D eigenvalue weighted by molar-refractivity contribution is 5.80. The van der Waals surface area contributed by atoms with Crippen molar-refractivity contribution in [2.75, 3.05) is 70.9 Å². The van der Waals surface area contributed by atoms with E-state index < -0.39 is 0 Å². The molecule has 2 saturated heterocycles. The number of piperazine rings is 1. The molecule has 4 rings (SSSR count). The number of benzene rings is 1. The first-order chi connectivity index (χ1) is 15.2. The number of hydrogen-bond acceptors (Lipinski definition) is 4. The largest absolute Gasteiger partial charge is 0.364 e. The van der Waals surface area contributed by atoms with Crippen molar-refractivity contribution in [2.45, 2.75) is 25.8 Å². The Bertz CT molecular complexity index is 785. The maximum Gasteiger partial charge on any atom is 0.236 e. The van der Waals surface area contributed by atoms with Crippen molar-refractivity contribution in [1.82, 2.24) is 20.0 Å². The summed E-state index contributed by atoms with van der Waals surface area (Å²) in [5, 5.41) is 3.53. The third-order valence-corrected chi connectivity index (χ3v) is 6.50. The lowest BCUT2D eigenvalue weighted by Gasteiger charge is -2.37. The molecule has 0 unspecified atom stereocenters. The van der Waals surface area contributed by atoms with E-state index in [1.54, 1.807) is 0 Å². The van der Waals surface area contributed by atoms with Crippen LogP contribution >= 0.6 is 0 Å². The zero-order chi connectivity index (χ0) is 21.5. The molecule has 31 heavy (non-hydrogen) atoms. The molecular weight excluding hydrogens is 388 g/mol. The van der Waals surface area contributed by atoms with E-state index in [0.717, 1.165) is 77.7 Å². The lowest BCUT2D eigenvalue weighted by Crippen LogP contribution is -2.54. The Hall–Kier alpha value is -2.54. The van der Waals surface area contributed by atoms with Gasteiger partial charge in [-0.05, 0) is 37.0 Å². The Morgan fingerprint density at radius 2 is 1.71 bits per heavy atom. The monoisotopic (exact) mass is 424 g/mol. The molecule has 0 atom stereocenters. The average molecular weight is 425 g/mol. The van der Waals surface area contributed by atoms with Crippen molar-refractivity contribution in [2.24, 2.45) is 4.99 Å². The molecule has 0 radical (unpaired) electrons. The van der Waals surface area contributed by atoms with Crippen LogP contribution in [0.3, 0.4) is 0 Å². The molecule has 1 aromatic rings. The Balaban J connectivity index is 1.23. The number of rotatable bonds is 5. The van der Waals surface area contributed by atoms with Crippen LogP contribution in [0.15, 0.2) is 41.4 Å². The Morgan fingerprint density at radius 1 is 0.968 bits per heavy atom. The number of amides is 1. The van der Waals surface area contributed by atoms with Crippen molar-refractivity contribution in [3.63, 3.8) is 0 Å². The summed E-state index contributed by atoms with van der Waals surface area (Å²) in [5.41, 5.74) is 2.53. The minimum absolute atomic E-state index is 0.295. The smallest absolute Gasteiger partial charge is 0.236 e. The number of aliphatic imine (C=N–C) groups is 1. The van der Waals surface area contributed by atoms with E-state index in [-0.39, 0.29) is 0 Å². The Labute approximate surface area is 186 Å². The molecule has 0 saturated carbocycles. The molecular formula is C24H36N6O. The number of nitrogens with one attached hydrogen (secondary N) is 1. The van der Waals surface area contributed by atoms with E-state index in [0.29, 0.717) is 12.5 Å². The van der Waals surface area contributed by atoms with Gasteiger partial charge >= 0.3 is 0 Å². The summed E-state index contributed by atoms with van der Waals surface area (Å²) in [5.74, 6) is 1.24. The minimum Gasteiger partial charge on any atom is -0.364 e. The van der Waals surface area contributed by atoms with E-state index in [1.165, 1.54) is 17.7 Å². The van der Waals surface area contributed by atoms with E-state index in [9.17, 15) is 4.79 Å². The first-order valence-corrected chi connectivity index (χ1v) is 11.7. The van der Waals surface area contributed by atoms with E-state index in [4.69, 9.17) is 0 Å². The normalized spacial score (nSPS) is 20.4. The van der Waals surface area contributed by atoms with Crippen molar-refractivity contribution < 1.29 is 4.79 Å².